The summed E-state index contributed by atoms with van der Waals surface area (Å²) >= 11 is 1.56. The van der Waals surface area contributed by atoms with E-state index in [4.69, 9.17) is 0 Å². The monoisotopic (exact) mass is 338 g/mol. The van der Waals surface area contributed by atoms with E-state index in [1.54, 1.807) is 28.4 Å². The van der Waals surface area contributed by atoms with E-state index in [1.807, 2.05) is 0 Å². The number of nitrogens with zero attached hydrogens (tertiary/aromatic N) is 8. The predicted molar refractivity (Wildman–Crippen MR) is 92.6 cm³/mol. The minimum absolute atomic E-state index is 0.699. The van der Waals surface area contributed by atoms with Crippen molar-refractivity contribution in [2.24, 2.45) is 0 Å². The Bertz CT molecular complexity index is 1000. The van der Waals surface area contributed by atoms with Gasteiger partial charge < -0.3 is 9.80 Å². The summed E-state index contributed by atoms with van der Waals surface area (Å²) in [6, 6.07) is 8.39. The van der Waals surface area contributed by atoms with Crippen molar-refractivity contribution >= 4 is 38.9 Å². The molecular weight excluding hydrogens is 324 g/mol. The predicted octanol–water partition coefficient (Wildman–Crippen LogP) is 1.46. The van der Waals surface area contributed by atoms with Gasteiger partial charge in [0.15, 0.2) is 5.82 Å². The standard InChI is InChI=1S/C15H14N8S/c1-2-4-12-11(3-1)13(18-24-12)21-7-9-22(10-8-21)14-15-17-19-20-23(15)6-5-16-14/h1-6H,7-10H2. The van der Waals surface area contributed by atoms with Crippen LogP contribution in [0.5, 0.6) is 0 Å². The van der Waals surface area contributed by atoms with Crippen LogP contribution in [-0.2, 0) is 0 Å². The Morgan fingerprint density at radius 1 is 0.958 bits per heavy atom. The third kappa shape index (κ3) is 2.08. The molecule has 0 unspecified atom stereocenters. The van der Waals surface area contributed by atoms with Crippen LogP contribution in [0.25, 0.3) is 15.7 Å². The van der Waals surface area contributed by atoms with Crippen LogP contribution in [0.3, 0.4) is 0 Å². The molecule has 1 saturated heterocycles. The average Bonchev–Trinajstić information content (AvgIpc) is 3.28. The molecule has 4 heterocycles. The number of rotatable bonds is 2. The minimum atomic E-state index is 0.699. The van der Waals surface area contributed by atoms with Gasteiger partial charge in [-0.15, -0.1) is 5.10 Å². The summed E-state index contributed by atoms with van der Waals surface area (Å²) in [5.74, 6) is 1.93. The number of hydrogen-bond donors (Lipinski definition) is 0. The Kier molecular flexibility index (Phi) is 3.05. The largest absolute Gasteiger partial charge is 0.352 e. The summed E-state index contributed by atoms with van der Waals surface area (Å²) in [7, 11) is 0. The van der Waals surface area contributed by atoms with Crippen molar-refractivity contribution < 1.29 is 0 Å². The SMILES string of the molecule is c1ccc2c(N3CCN(c4nccn5nnnc45)CC3)nsc2c1. The van der Waals surface area contributed by atoms with Crippen molar-refractivity contribution in [1.82, 2.24) is 29.4 Å². The van der Waals surface area contributed by atoms with Gasteiger partial charge in [0.2, 0.25) is 5.65 Å². The lowest BCUT2D eigenvalue weighted by Gasteiger charge is -2.35. The third-order valence-electron chi connectivity index (χ3n) is 4.33. The van der Waals surface area contributed by atoms with Crippen LogP contribution < -0.4 is 9.80 Å². The van der Waals surface area contributed by atoms with Crippen LogP contribution in [0.4, 0.5) is 11.6 Å². The van der Waals surface area contributed by atoms with Crippen LogP contribution >= 0.6 is 11.5 Å². The van der Waals surface area contributed by atoms with Gasteiger partial charge in [0.05, 0.1) is 10.9 Å². The molecule has 9 heteroatoms. The van der Waals surface area contributed by atoms with Crippen LogP contribution in [0, 0.1) is 0 Å². The van der Waals surface area contributed by atoms with Gasteiger partial charge in [0.1, 0.15) is 5.82 Å². The highest BCUT2D eigenvalue weighted by Gasteiger charge is 2.23. The average molecular weight is 338 g/mol. The number of hydrogen-bond acceptors (Lipinski definition) is 8. The third-order valence-corrected chi connectivity index (χ3v) is 5.15. The second-order valence-electron chi connectivity index (χ2n) is 5.67. The van der Waals surface area contributed by atoms with E-state index in [0.29, 0.717) is 5.65 Å². The topological polar surface area (TPSA) is 75.3 Å². The first-order valence-electron chi connectivity index (χ1n) is 7.77. The molecular formula is C15H14N8S. The fourth-order valence-electron chi connectivity index (χ4n) is 3.12. The van der Waals surface area contributed by atoms with Crippen molar-refractivity contribution in [3.63, 3.8) is 0 Å². The summed E-state index contributed by atoms with van der Waals surface area (Å²) < 4.78 is 7.54. The summed E-state index contributed by atoms with van der Waals surface area (Å²) in [6.45, 7) is 3.53. The van der Waals surface area contributed by atoms with E-state index in [9.17, 15) is 0 Å². The van der Waals surface area contributed by atoms with Crippen molar-refractivity contribution in [2.75, 3.05) is 36.0 Å². The molecule has 1 aliphatic rings. The number of anilines is 2. The highest BCUT2D eigenvalue weighted by atomic mass is 32.1. The first kappa shape index (κ1) is 13.6. The Morgan fingerprint density at radius 2 is 1.75 bits per heavy atom. The maximum absolute atomic E-state index is 4.66. The second kappa shape index (κ2) is 5.38. The van der Waals surface area contributed by atoms with Gasteiger partial charge in [-0.25, -0.2) is 4.98 Å². The highest BCUT2D eigenvalue weighted by Crippen LogP contribution is 2.30. The molecule has 0 aliphatic carbocycles. The molecule has 24 heavy (non-hydrogen) atoms. The molecule has 1 aliphatic heterocycles. The minimum Gasteiger partial charge on any atom is -0.352 e. The maximum Gasteiger partial charge on any atom is 0.221 e. The Morgan fingerprint density at radius 3 is 2.62 bits per heavy atom. The van der Waals surface area contributed by atoms with E-state index >= 15 is 0 Å². The Hall–Kier alpha value is -2.81. The molecule has 0 spiro atoms. The molecule has 0 atom stereocenters. The van der Waals surface area contributed by atoms with Gasteiger partial charge in [-0.2, -0.15) is 8.89 Å². The lowest BCUT2D eigenvalue weighted by atomic mass is 10.2. The van der Waals surface area contributed by atoms with E-state index in [1.165, 1.54) is 10.1 Å². The number of tetrazole rings is 1. The molecule has 0 saturated carbocycles. The fourth-order valence-corrected chi connectivity index (χ4v) is 3.92. The zero-order chi connectivity index (χ0) is 15.9. The fraction of sp³-hybridized carbons (Fsp3) is 0.267. The molecule has 4 aromatic rings. The first-order chi connectivity index (χ1) is 11.9. The Balaban J connectivity index is 1.40. The number of aromatic nitrogens is 6. The summed E-state index contributed by atoms with van der Waals surface area (Å²) in [4.78, 5) is 9.05. The molecule has 5 rings (SSSR count). The first-order valence-corrected chi connectivity index (χ1v) is 8.54. The van der Waals surface area contributed by atoms with Crippen LogP contribution in [0.1, 0.15) is 0 Å². The Labute approximate surface area is 141 Å². The van der Waals surface area contributed by atoms with Gasteiger partial charge in [-0.05, 0) is 34.1 Å². The van der Waals surface area contributed by atoms with E-state index in [-0.39, 0.29) is 0 Å². The normalized spacial score (nSPS) is 15.5. The summed E-state index contributed by atoms with van der Waals surface area (Å²) in [6.07, 6.45) is 3.50. The van der Waals surface area contributed by atoms with Crippen molar-refractivity contribution in [3.8, 4) is 0 Å². The molecule has 0 bridgehead atoms. The van der Waals surface area contributed by atoms with Gasteiger partial charge in [-0.3, -0.25) is 0 Å². The smallest absolute Gasteiger partial charge is 0.221 e. The van der Waals surface area contributed by atoms with Crippen molar-refractivity contribution in [1.29, 1.82) is 0 Å². The second-order valence-corrected chi connectivity index (χ2v) is 6.48. The molecule has 8 nitrogen and oxygen atoms in total. The van der Waals surface area contributed by atoms with Gasteiger partial charge in [0.25, 0.3) is 0 Å². The zero-order valence-electron chi connectivity index (χ0n) is 12.8. The van der Waals surface area contributed by atoms with Gasteiger partial charge >= 0.3 is 0 Å². The number of piperazine rings is 1. The van der Waals surface area contributed by atoms with Crippen LogP contribution in [0.2, 0.25) is 0 Å². The molecule has 0 radical (unpaired) electrons. The van der Waals surface area contributed by atoms with Gasteiger partial charge in [0, 0.05) is 37.8 Å². The molecule has 0 N–H and O–H groups in total. The van der Waals surface area contributed by atoms with Crippen LogP contribution in [-0.4, -0.2) is 55.6 Å². The maximum atomic E-state index is 4.66. The van der Waals surface area contributed by atoms with E-state index in [2.05, 4.69) is 58.9 Å². The summed E-state index contributed by atoms with van der Waals surface area (Å²) in [5.41, 5.74) is 0.699. The number of benzene rings is 1. The number of fused-ring (bicyclic) bond motifs is 2. The molecule has 1 fully saturated rings. The zero-order valence-corrected chi connectivity index (χ0v) is 13.6. The lowest BCUT2D eigenvalue weighted by Crippen LogP contribution is -2.47. The molecule has 1 aromatic carbocycles. The van der Waals surface area contributed by atoms with Crippen LogP contribution in [0.15, 0.2) is 36.7 Å². The van der Waals surface area contributed by atoms with Crippen molar-refractivity contribution in [2.45, 2.75) is 0 Å². The lowest BCUT2D eigenvalue weighted by molar-refractivity contribution is 0.645. The highest BCUT2D eigenvalue weighted by molar-refractivity contribution is 7.13. The quantitative estimate of drug-likeness (QED) is 0.547. The molecule has 3 aromatic heterocycles. The van der Waals surface area contributed by atoms with Crippen molar-refractivity contribution in [3.05, 3.63) is 36.7 Å². The molecule has 0 amide bonds. The van der Waals surface area contributed by atoms with E-state index < -0.39 is 0 Å². The molecule has 120 valence electrons. The van der Waals surface area contributed by atoms with E-state index in [0.717, 1.165) is 37.8 Å². The summed E-state index contributed by atoms with van der Waals surface area (Å²) in [5, 5.41) is 13.0. The van der Waals surface area contributed by atoms with Gasteiger partial charge in [-0.1, -0.05) is 12.1 Å².